The smallest absolute Gasteiger partial charge is 0.387 e. The molecule has 1 aromatic rings. The van der Waals surface area contributed by atoms with E-state index in [-0.39, 0.29) is 17.9 Å². The van der Waals surface area contributed by atoms with E-state index in [4.69, 9.17) is 4.74 Å². The van der Waals surface area contributed by atoms with Crippen molar-refractivity contribution in [1.29, 1.82) is 0 Å². The van der Waals surface area contributed by atoms with Gasteiger partial charge in [-0.05, 0) is 31.5 Å². The Morgan fingerprint density at radius 3 is 2.90 bits per heavy atom. The molecule has 118 valence electrons. The van der Waals surface area contributed by atoms with Gasteiger partial charge in [0.1, 0.15) is 11.4 Å². The Hall–Kier alpha value is -1.24. The Bertz CT molecular complexity index is 472. The summed E-state index contributed by atoms with van der Waals surface area (Å²) in [4.78, 5) is 0. The minimum Gasteiger partial charge on any atom is -0.435 e. The fourth-order valence-electron chi connectivity index (χ4n) is 2.41. The number of aliphatic hydroxyl groups is 1. The number of rotatable bonds is 6. The van der Waals surface area contributed by atoms with Crippen LogP contribution in [0.3, 0.4) is 0 Å². The van der Waals surface area contributed by atoms with Crippen molar-refractivity contribution in [2.24, 2.45) is 0 Å². The molecule has 1 aromatic carbocycles. The number of hydrogen-bond acceptors (Lipinski definition) is 4. The number of halogens is 2. The predicted molar refractivity (Wildman–Crippen MR) is 74.5 cm³/mol. The zero-order chi connectivity index (χ0) is 15.5. The van der Waals surface area contributed by atoms with Crippen molar-refractivity contribution in [2.75, 3.05) is 13.2 Å². The van der Waals surface area contributed by atoms with E-state index in [1.807, 2.05) is 19.9 Å². The summed E-state index contributed by atoms with van der Waals surface area (Å²) in [6, 6.07) is 6.46. The molecule has 3 atom stereocenters. The van der Waals surface area contributed by atoms with Crippen LogP contribution in [0.1, 0.15) is 31.9 Å². The molecule has 0 aromatic heterocycles. The summed E-state index contributed by atoms with van der Waals surface area (Å²) in [5, 5.41) is 13.6. The van der Waals surface area contributed by atoms with Crippen molar-refractivity contribution in [3.05, 3.63) is 29.8 Å². The average molecular weight is 301 g/mol. The number of alkyl halides is 2. The molecule has 1 aliphatic rings. The van der Waals surface area contributed by atoms with E-state index in [0.717, 1.165) is 5.56 Å². The molecule has 0 amide bonds. The van der Waals surface area contributed by atoms with Crippen LogP contribution in [0.4, 0.5) is 8.78 Å². The number of ether oxygens (including phenoxy) is 2. The highest BCUT2D eigenvalue weighted by Crippen LogP contribution is 2.26. The minimum absolute atomic E-state index is 0.0944. The van der Waals surface area contributed by atoms with Crippen molar-refractivity contribution in [3.8, 4) is 5.75 Å². The second-order valence-corrected chi connectivity index (χ2v) is 5.42. The molecular weight excluding hydrogens is 280 g/mol. The first-order valence-electron chi connectivity index (χ1n) is 7.03. The normalized spacial score (nSPS) is 27.0. The summed E-state index contributed by atoms with van der Waals surface area (Å²) < 4.78 is 34.2. The largest absolute Gasteiger partial charge is 0.435 e. The number of benzene rings is 1. The molecule has 0 saturated carbocycles. The van der Waals surface area contributed by atoms with Crippen molar-refractivity contribution in [3.63, 3.8) is 0 Å². The molecule has 0 spiro atoms. The Kier molecular flexibility index (Phi) is 5.13. The van der Waals surface area contributed by atoms with Crippen LogP contribution in [-0.4, -0.2) is 36.6 Å². The molecule has 1 fully saturated rings. The lowest BCUT2D eigenvalue weighted by atomic mass is 9.96. The summed E-state index contributed by atoms with van der Waals surface area (Å²) in [5.41, 5.74) is -0.0611. The third kappa shape index (κ3) is 4.12. The molecule has 6 heteroatoms. The minimum atomic E-state index is -2.83. The maximum Gasteiger partial charge on any atom is 0.387 e. The Morgan fingerprint density at radius 2 is 2.29 bits per heavy atom. The molecule has 0 aliphatic carbocycles. The van der Waals surface area contributed by atoms with E-state index >= 15 is 0 Å². The first-order chi connectivity index (χ1) is 9.90. The Morgan fingerprint density at radius 1 is 1.52 bits per heavy atom. The van der Waals surface area contributed by atoms with Crippen LogP contribution in [0.5, 0.6) is 5.75 Å². The van der Waals surface area contributed by atoms with Gasteiger partial charge in [0, 0.05) is 25.6 Å². The van der Waals surface area contributed by atoms with Gasteiger partial charge in [0.15, 0.2) is 0 Å². The van der Waals surface area contributed by atoms with E-state index in [1.54, 1.807) is 12.1 Å². The summed E-state index contributed by atoms with van der Waals surface area (Å²) in [6.45, 7) is 1.85. The molecular formula is C15H21F2NO3. The zero-order valence-electron chi connectivity index (χ0n) is 12.2. The number of nitrogens with one attached hydrogen (secondary N) is 1. The summed E-state index contributed by atoms with van der Waals surface area (Å²) in [5.74, 6) is 0.132. The zero-order valence-corrected chi connectivity index (χ0v) is 12.2. The highest BCUT2D eigenvalue weighted by Gasteiger charge is 2.39. The second-order valence-electron chi connectivity index (χ2n) is 5.42. The van der Waals surface area contributed by atoms with Crippen molar-refractivity contribution in [1.82, 2.24) is 5.32 Å². The highest BCUT2D eigenvalue weighted by molar-refractivity contribution is 5.30. The van der Waals surface area contributed by atoms with Gasteiger partial charge in [0.25, 0.3) is 0 Å². The first kappa shape index (κ1) is 16.1. The van der Waals surface area contributed by atoms with Crippen molar-refractivity contribution >= 4 is 0 Å². The molecule has 1 saturated heterocycles. The van der Waals surface area contributed by atoms with E-state index in [1.165, 1.54) is 6.07 Å². The lowest BCUT2D eigenvalue weighted by molar-refractivity contribution is -0.0499. The standard InChI is InChI=1S/C15H21F2NO3/c1-10(18-9-15(19)6-7-20-11(15)2)12-4-3-5-13(8-12)21-14(16)17/h3-5,8,10-11,14,18-19H,6-7,9H2,1-2H3. The van der Waals surface area contributed by atoms with Crippen molar-refractivity contribution < 1.29 is 23.4 Å². The Labute approximate surface area is 123 Å². The quantitative estimate of drug-likeness (QED) is 0.847. The van der Waals surface area contributed by atoms with Gasteiger partial charge in [-0.2, -0.15) is 8.78 Å². The molecule has 0 bridgehead atoms. The van der Waals surface area contributed by atoms with Gasteiger partial charge in [-0.15, -0.1) is 0 Å². The van der Waals surface area contributed by atoms with Gasteiger partial charge >= 0.3 is 6.61 Å². The van der Waals surface area contributed by atoms with E-state index in [9.17, 15) is 13.9 Å². The SMILES string of the molecule is CC(NCC1(O)CCOC1C)c1cccc(OC(F)F)c1. The molecule has 0 radical (unpaired) electrons. The molecule has 1 aliphatic heterocycles. The molecule has 1 heterocycles. The highest BCUT2D eigenvalue weighted by atomic mass is 19.3. The lowest BCUT2D eigenvalue weighted by Crippen LogP contribution is -2.46. The second kappa shape index (κ2) is 6.68. The van der Waals surface area contributed by atoms with Gasteiger partial charge in [0.2, 0.25) is 0 Å². The summed E-state index contributed by atoms with van der Waals surface area (Å²) in [7, 11) is 0. The van der Waals surface area contributed by atoms with Gasteiger partial charge in [-0.1, -0.05) is 12.1 Å². The lowest BCUT2D eigenvalue weighted by Gasteiger charge is -2.28. The van der Waals surface area contributed by atoms with Crippen LogP contribution in [0.25, 0.3) is 0 Å². The monoisotopic (exact) mass is 301 g/mol. The van der Waals surface area contributed by atoms with Crippen LogP contribution in [0.15, 0.2) is 24.3 Å². The van der Waals surface area contributed by atoms with Gasteiger partial charge < -0.3 is 19.9 Å². The first-order valence-corrected chi connectivity index (χ1v) is 7.03. The fourth-order valence-corrected chi connectivity index (χ4v) is 2.41. The maximum absolute atomic E-state index is 12.2. The molecule has 3 unspecified atom stereocenters. The predicted octanol–water partition coefficient (Wildman–Crippen LogP) is 2.48. The van der Waals surface area contributed by atoms with Crippen molar-refractivity contribution in [2.45, 2.75) is 44.6 Å². The third-order valence-corrected chi connectivity index (χ3v) is 3.96. The molecule has 21 heavy (non-hydrogen) atoms. The topological polar surface area (TPSA) is 50.7 Å². The molecule has 2 rings (SSSR count). The number of hydrogen-bond donors (Lipinski definition) is 2. The van der Waals surface area contributed by atoms with Crippen LogP contribution in [0.2, 0.25) is 0 Å². The van der Waals surface area contributed by atoms with Crippen LogP contribution < -0.4 is 10.1 Å². The van der Waals surface area contributed by atoms with Gasteiger partial charge in [-0.25, -0.2) is 0 Å². The van der Waals surface area contributed by atoms with Crippen LogP contribution in [0, 0.1) is 0 Å². The third-order valence-electron chi connectivity index (χ3n) is 3.96. The maximum atomic E-state index is 12.2. The van der Waals surface area contributed by atoms with Gasteiger partial charge in [-0.3, -0.25) is 0 Å². The molecule has 4 nitrogen and oxygen atoms in total. The average Bonchev–Trinajstić information content (AvgIpc) is 2.76. The van der Waals surface area contributed by atoms with Crippen LogP contribution >= 0.6 is 0 Å². The van der Waals surface area contributed by atoms with E-state index in [0.29, 0.717) is 19.6 Å². The summed E-state index contributed by atoms with van der Waals surface area (Å²) >= 11 is 0. The van der Waals surface area contributed by atoms with Gasteiger partial charge in [0.05, 0.1) is 6.10 Å². The summed E-state index contributed by atoms with van der Waals surface area (Å²) in [6.07, 6.45) is 0.369. The Balaban J connectivity index is 1.95. The van der Waals surface area contributed by atoms with Crippen LogP contribution in [-0.2, 0) is 4.74 Å². The van der Waals surface area contributed by atoms with E-state index in [2.05, 4.69) is 10.1 Å². The fraction of sp³-hybridized carbons (Fsp3) is 0.600. The molecule has 2 N–H and O–H groups in total. The van der Waals surface area contributed by atoms with E-state index < -0.39 is 12.2 Å².